The third kappa shape index (κ3) is 4.43. The Balaban J connectivity index is 1.80. The first-order valence-corrected chi connectivity index (χ1v) is 8.02. The third-order valence-corrected chi connectivity index (χ3v) is 4.22. The van der Waals surface area contributed by atoms with Gasteiger partial charge in [0.2, 0.25) is 5.91 Å². The topological polar surface area (TPSA) is 70.2 Å². The van der Waals surface area contributed by atoms with Crippen LogP contribution in [0.25, 0.3) is 0 Å². The maximum absolute atomic E-state index is 13.6. The number of piperidine rings is 1. The first kappa shape index (κ1) is 16.7. The van der Waals surface area contributed by atoms with E-state index in [1.165, 1.54) is 6.07 Å². The molecule has 0 aliphatic carbocycles. The van der Waals surface area contributed by atoms with Gasteiger partial charge in [-0.1, -0.05) is 22.9 Å². The molecule has 0 bridgehead atoms. The second-order valence-corrected chi connectivity index (χ2v) is 6.34. The van der Waals surface area contributed by atoms with E-state index >= 15 is 0 Å². The standard InChI is InChI=1S/C15H19BrFN3O2/c1-9-4-6-18-14(21)13(9)20-15(22)19-7-5-10-8-11(16)2-3-12(10)17/h2-3,8-9,13H,4-7H2,1H3,(H,18,21)(H2,19,20,22). The lowest BCUT2D eigenvalue weighted by atomic mass is 9.94. The van der Waals surface area contributed by atoms with Crippen molar-refractivity contribution in [1.82, 2.24) is 16.0 Å². The molecule has 1 fully saturated rings. The number of carbonyl (C=O) groups excluding carboxylic acids is 2. The van der Waals surface area contributed by atoms with Crippen LogP contribution < -0.4 is 16.0 Å². The van der Waals surface area contributed by atoms with Crippen LogP contribution in [-0.2, 0) is 11.2 Å². The number of benzene rings is 1. The molecule has 0 spiro atoms. The van der Waals surface area contributed by atoms with Crippen molar-refractivity contribution in [3.63, 3.8) is 0 Å². The van der Waals surface area contributed by atoms with Gasteiger partial charge in [0.05, 0.1) is 0 Å². The van der Waals surface area contributed by atoms with Crippen LogP contribution in [0.3, 0.4) is 0 Å². The summed E-state index contributed by atoms with van der Waals surface area (Å²) in [6, 6.07) is 3.77. The predicted molar refractivity (Wildman–Crippen MR) is 84.9 cm³/mol. The number of carbonyl (C=O) groups is 2. The smallest absolute Gasteiger partial charge is 0.315 e. The molecule has 3 amide bonds. The second kappa shape index (κ2) is 7.58. The summed E-state index contributed by atoms with van der Waals surface area (Å²) in [7, 11) is 0. The number of halogens is 2. The van der Waals surface area contributed by atoms with Crippen LogP contribution >= 0.6 is 15.9 Å². The zero-order valence-electron chi connectivity index (χ0n) is 12.3. The number of nitrogens with one attached hydrogen (secondary N) is 3. The summed E-state index contributed by atoms with van der Waals surface area (Å²) >= 11 is 3.29. The van der Waals surface area contributed by atoms with Gasteiger partial charge in [0, 0.05) is 17.6 Å². The fourth-order valence-corrected chi connectivity index (χ4v) is 2.81. The highest BCUT2D eigenvalue weighted by molar-refractivity contribution is 9.10. The molecular formula is C15H19BrFN3O2. The van der Waals surface area contributed by atoms with Crippen molar-refractivity contribution >= 4 is 27.9 Å². The second-order valence-electron chi connectivity index (χ2n) is 5.42. The summed E-state index contributed by atoms with van der Waals surface area (Å²) in [5, 5.41) is 8.05. The Labute approximate surface area is 137 Å². The van der Waals surface area contributed by atoms with Gasteiger partial charge < -0.3 is 16.0 Å². The molecule has 1 aromatic carbocycles. The predicted octanol–water partition coefficient (Wildman–Crippen LogP) is 1.95. The normalized spacial score (nSPS) is 21.1. The third-order valence-electron chi connectivity index (χ3n) is 3.72. The van der Waals surface area contributed by atoms with Gasteiger partial charge in [-0.3, -0.25) is 4.79 Å². The number of rotatable bonds is 4. The summed E-state index contributed by atoms with van der Waals surface area (Å²) in [6.45, 7) is 2.87. The fourth-order valence-electron chi connectivity index (χ4n) is 2.40. The van der Waals surface area contributed by atoms with Crippen molar-refractivity contribution in [3.8, 4) is 0 Å². The van der Waals surface area contributed by atoms with E-state index in [9.17, 15) is 14.0 Å². The molecule has 0 aromatic heterocycles. The minimum absolute atomic E-state index is 0.0991. The largest absolute Gasteiger partial charge is 0.354 e. The van der Waals surface area contributed by atoms with Crippen LogP contribution in [0.2, 0.25) is 0 Å². The van der Waals surface area contributed by atoms with E-state index in [0.29, 0.717) is 25.1 Å². The van der Waals surface area contributed by atoms with Gasteiger partial charge in [0.15, 0.2) is 0 Å². The van der Waals surface area contributed by atoms with Gasteiger partial charge in [0.1, 0.15) is 11.9 Å². The van der Waals surface area contributed by atoms with Crippen molar-refractivity contribution in [3.05, 3.63) is 34.1 Å². The van der Waals surface area contributed by atoms with E-state index in [1.54, 1.807) is 12.1 Å². The zero-order chi connectivity index (χ0) is 16.1. The first-order valence-electron chi connectivity index (χ1n) is 7.23. The Morgan fingerprint density at radius 2 is 2.27 bits per heavy atom. The summed E-state index contributed by atoms with van der Waals surface area (Å²) in [6.07, 6.45) is 1.21. The van der Waals surface area contributed by atoms with E-state index < -0.39 is 12.1 Å². The Morgan fingerprint density at radius 3 is 3.00 bits per heavy atom. The number of hydrogen-bond acceptors (Lipinski definition) is 2. The molecule has 5 nitrogen and oxygen atoms in total. The Kier molecular flexibility index (Phi) is 5.76. The molecule has 0 saturated carbocycles. The van der Waals surface area contributed by atoms with Gasteiger partial charge in [-0.15, -0.1) is 0 Å². The number of urea groups is 1. The highest BCUT2D eigenvalue weighted by atomic mass is 79.9. The van der Waals surface area contributed by atoms with Gasteiger partial charge in [-0.2, -0.15) is 0 Å². The molecular weight excluding hydrogens is 353 g/mol. The number of amides is 3. The lowest BCUT2D eigenvalue weighted by Crippen LogP contribution is -2.56. The average molecular weight is 372 g/mol. The molecule has 7 heteroatoms. The average Bonchev–Trinajstić information content (AvgIpc) is 2.47. The molecule has 3 N–H and O–H groups in total. The van der Waals surface area contributed by atoms with Crippen LogP contribution in [0.4, 0.5) is 9.18 Å². The van der Waals surface area contributed by atoms with Crippen LogP contribution in [0, 0.1) is 11.7 Å². The molecule has 1 aromatic rings. The van der Waals surface area contributed by atoms with Gasteiger partial charge in [0.25, 0.3) is 0 Å². The summed E-state index contributed by atoms with van der Waals surface area (Å²) in [4.78, 5) is 23.5. The lowest BCUT2D eigenvalue weighted by molar-refractivity contribution is -0.125. The summed E-state index contributed by atoms with van der Waals surface area (Å²) in [5.41, 5.74) is 0.526. The molecule has 2 atom stereocenters. The van der Waals surface area contributed by atoms with Crippen molar-refractivity contribution in [2.45, 2.75) is 25.8 Å². The summed E-state index contributed by atoms with van der Waals surface area (Å²) in [5.74, 6) is -0.361. The van der Waals surface area contributed by atoms with Crippen molar-refractivity contribution in [1.29, 1.82) is 0 Å². The van der Waals surface area contributed by atoms with E-state index in [1.807, 2.05) is 6.92 Å². The molecule has 2 unspecified atom stereocenters. The van der Waals surface area contributed by atoms with Gasteiger partial charge >= 0.3 is 6.03 Å². The Morgan fingerprint density at radius 1 is 1.50 bits per heavy atom. The highest BCUT2D eigenvalue weighted by Crippen LogP contribution is 2.15. The Bertz CT molecular complexity index is 568. The van der Waals surface area contributed by atoms with Crippen molar-refractivity contribution < 1.29 is 14.0 Å². The van der Waals surface area contributed by atoms with E-state index in [-0.39, 0.29) is 17.6 Å². The maximum Gasteiger partial charge on any atom is 0.315 e. The van der Waals surface area contributed by atoms with Crippen LogP contribution in [0.15, 0.2) is 22.7 Å². The molecule has 1 aliphatic heterocycles. The first-order chi connectivity index (χ1) is 10.5. The van der Waals surface area contributed by atoms with Gasteiger partial charge in [-0.25, -0.2) is 9.18 Å². The maximum atomic E-state index is 13.6. The monoisotopic (exact) mass is 371 g/mol. The lowest BCUT2D eigenvalue weighted by Gasteiger charge is -2.28. The number of hydrogen-bond donors (Lipinski definition) is 3. The minimum atomic E-state index is -0.517. The molecule has 2 rings (SSSR count). The molecule has 22 heavy (non-hydrogen) atoms. The van der Waals surface area contributed by atoms with E-state index in [0.717, 1.165) is 10.9 Å². The molecule has 0 radical (unpaired) electrons. The van der Waals surface area contributed by atoms with Crippen molar-refractivity contribution in [2.75, 3.05) is 13.1 Å². The quantitative estimate of drug-likeness (QED) is 0.756. The molecule has 120 valence electrons. The summed E-state index contributed by atoms with van der Waals surface area (Å²) < 4.78 is 14.4. The minimum Gasteiger partial charge on any atom is -0.354 e. The molecule has 1 heterocycles. The van der Waals surface area contributed by atoms with Crippen LogP contribution in [0.5, 0.6) is 0 Å². The van der Waals surface area contributed by atoms with Crippen molar-refractivity contribution in [2.24, 2.45) is 5.92 Å². The molecule has 1 saturated heterocycles. The zero-order valence-corrected chi connectivity index (χ0v) is 13.9. The SMILES string of the molecule is CC1CCNC(=O)C1NC(=O)NCCc1cc(Br)ccc1F. The fraction of sp³-hybridized carbons (Fsp3) is 0.467. The van der Waals surface area contributed by atoms with Gasteiger partial charge in [-0.05, 0) is 42.5 Å². The highest BCUT2D eigenvalue weighted by Gasteiger charge is 2.29. The van der Waals surface area contributed by atoms with Crippen LogP contribution in [0.1, 0.15) is 18.9 Å². The Hall–Kier alpha value is -1.63. The molecule has 1 aliphatic rings. The van der Waals surface area contributed by atoms with E-state index in [2.05, 4.69) is 31.9 Å². The van der Waals surface area contributed by atoms with E-state index in [4.69, 9.17) is 0 Å². The van der Waals surface area contributed by atoms with Crippen LogP contribution in [-0.4, -0.2) is 31.1 Å².